The van der Waals surface area contributed by atoms with Crippen LogP contribution >= 0.6 is 0 Å². The van der Waals surface area contributed by atoms with E-state index in [1.807, 2.05) is 36.7 Å². The van der Waals surface area contributed by atoms with Gasteiger partial charge >= 0.3 is 0 Å². The fourth-order valence-corrected chi connectivity index (χ4v) is 3.87. The van der Waals surface area contributed by atoms with Gasteiger partial charge in [0.2, 0.25) is 6.79 Å². The molecule has 6 nitrogen and oxygen atoms in total. The van der Waals surface area contributed by atoms with E-state index >= 15 is 0 Å². The molecule has 0 N–H and O–H groups in total. The molecule has 27 heavy (non-hydrogen) atoms. The molecular formula is C21H21N3O3. The van der Waals surface area contributed by atoms with Crippen LogP contribution in [0, 0.1) is 0 Å². The van der Waals surface area contributed by atoms with Gasteiger partial charge in [0.05, 0.1) is 0 Å². The molecule has 4 heterocycles. The van der Waals surface area contributed by atoms with Gasteiger partial charge in [-0.1, -0.05) is 11.2 Å². The molecule has 0 amide bonds. The van der Waals surface area contributed by atoms with Crippen LogP contribution in [0.5, 0.6) is 11.5 Å². The van der Waals surface area contributed by atoms with Crippen molar-refractivity contribution in [3.8, 4) is 22.8 Å². The highest BCUT2D eigenvalue weighted by molar-refractivity contribution is 5.67. The normalized spacial score (nSPS) is 16.9. The lowest BCUT2D eigenvalue weighted by Gasteiger charge is -2.32. The summed E-state index contributed by atoms with van der Waals surface area (Å²) in [6.07, 6.45) is 5.62. The van der Waals surface area contributed by atoms with Crippen molar-refractivity contribution >= 4 is 0 Å². The summed E-state index contributed by atoms with van der Waals surface area (Å²) in [5.74, 6) is 2.54. The summed E-state index contributed by atoms with van der Waals surface area (Å²) in [4.78, 5) is 6.72. The SMILES string of the molecule is CC(Cc1cccnc1)N1CCc2onc(-c3ccc4c(c3)OCO4)c2C1. The van der Waals surface area contributed by atoms with Gasteiger partial charge in [-0.15, -0.1) is 0 Å². The van der Waals surface area contributed by atoms with Crippen molar-refractivity contribution in [2.45, 2.75) is 32.4 Å². The van der Waals surface area contributed by atoms with Crippen LogP contribution in [0.3, 0.4) is 0 Å². The topological polar surface area (TPSA) is 60.6 Å². The van der Waals surface area contributed by atoms with Gasteiger partial charge < -0.3 is 14.0 Å². The average molecular weight is 363 g/mol. The lowest BCUT2D eigenvalue weighted by molar-refractivity contribution is 0.174. The Morgan fingerprint density at radius 2 is 2.11 bits per heavy atom. The fraction of sp³-hybridized carbons (Fsp3) is 0.333. The summed E-state index contributed by atoms with van der Waals surface area (Å²) in [6, 6.07) is 10.5. The van der Waals surface area contributed by atoms with Crippen molar-refractivity contribution in [1.29, 1.82) is 0 Å². The van der Waals surface area contributed by atoms with E-state index in [2.05, 4.69) is 28.0 Å². The number of benzene rings is 1. The Balaban J connectivity index is 1.38. The Morgan fingerprint density at radius 3 is 3.00 bits per heavy atom. The Morgan fingerprint density at radius 1 is 1.19 bits per heavy atom. The first-order valence-electron chi connectivity index (χ1n) is 9.28. The number of hydrogen-bond donors (Lipinski definition) is 0. The first-order chi connectivity index (χ1) is 13.3. The first-order valence-corrected chi connectivity index (χ1v) is 9.28. The highest BCUT2D eigenvalue weighted by Gasteiger charge is 2.28. The lowest BCUT2D eigenvalue weighted by atomic mass is 9.98. The molecule has 0 spiro atoms. The van der Waals surface area contributed by atoms with Crippen LogP contribution in [-0.4, -0.2) is 34.4 Å². The molecule has 0 fully saturated rings. The van der Waals surface area contributed by atoms with Crippen LogP contribution in [-0.2, 0) is 19.4 Å². The van der Waals surface area contributed by atoms with Gasteiger partial charge in [-0.3, -0.25) is 9.88 Å². The maximum Gasteiger partial charge on any atom is 0.231 e. The van der Waals surface area contributed by atoms with Crippen LogP contribution in [0.15, 0.2) is 47.2 Å². The van der Waals surface area contributed by atoms with Crippen molar-refractivity contribution in [3.05, 3.63) is 59.6 Å². The van der Waals surface area contributed by atoms with Gasteiger partial charge in [0.15, 0.2) is 11.5 Å². The van der Waals surface area contributed by atoms with E-state index in [0.717, 1.165) is 54.4 Å². The summed E-state index contributed by atoms with van der Waals surface area (Å²) in [5.41, 5.74) is 4.35. The Labute approximate surface area is 157 Å². The minimum Gasteiger partial charge on any atom is -0.454 e. The highest BCUT2D eigenvalue weighted by Crippen LogP contribution is 2.38. The van der Waals surface area contributed by atoms with Gasteiger partial charge in [0.25, 0.3) is 0 Å². The van der Waals surface area contributed by atoms with Crippen molar-refractivity contribution < 1.29 is 14.0 Å². The van der Waals surface area contributed by atoms with E-state index < -0.39 is 0 Å². The largest absolute Gasteiger partial charge is 0.454 e. The molecule has 2 aliphatic heterocycles. The highest BCUT2D eigenvalue weighted by atomic mass is 16.7. The molecule has 0 radical (unpaired) electrons. The Bertz CT molecular complexity index is 955. The summed E-state index contributed by atoms with van der Waals surface area (Å²) in [7, 11) is 0. The van der Waals surface area contributed by atoms with Crippen molar-refractivity contribution in [2.75, 3.05) is 13.3 Å². The third kappa shape index (κ3) is 3.06. The van der Waals surface area contributed by atoms with Crippen LogP contribution in [0.2, 0.25) is 0 Å². The quantitative estimate of drug-likeness (QED) is 0.708. The van der Waals surface area contributed by atoms with Crippen LogP contribution in [0.1, 0.15) is 23.8 Å². The monoisotopic (exact) mass is 363 g/mol. The van der Waals surface area contributed by atoms with E-state index in [1.165, 1.54) is 11.1 Å². The summed E-state index contributed by atoms with van der Waals surface area (Å²) < 4.78 is 16.6. The zero-order chi connectivity index (χ0) is 18.2. The average Bonchev–Trinajstić information content (AvgIpc) is 3.34. The molecule has 5 rings (SSSR count). The second-order valence-electron chi connectivity index (χ2n) is 7.14. The number of pyridine rings is 1. The number of nitrogens with zero attached hydrogens (tertiary/aromatic N) is 3. The molecule has 2 aliphatic rings. The van der Waals surface area contributed by atoms with Crippen molar-refractivity contribution in [3.63, 3.8) is 0 Å². The maximum atomic E-state index is 5.65. The molecule has 1 aromatic carbocycles. The van der Waals surface area contributed by atoms with Crippen molar-refractivity contribution in [1.82, 2.24) is 15.0 Å². The van der Waals surface area contributed by atoms with Gasteiger partial charge in [-0.2, -0.15) is 0 Å². The summed E-state index contributed by atoms with van der Waals surface area (Å²) >= 11 is 0. The van der Waals surface area contributed by atoms with E-state index in [1.54, 1.807) is 0 Å². The predicted octanol–water partition coefficient (Wildman–Crippen LogP) is 3.45. The number of ether oxygens (including phenoxy) is 2. The van der Waals surface area contributed by atoms with E-state index in [9.17, 15) is 0 Å². The van der Waals surface area contributed by atoms with Crippen molar-refractivity contribution in [2.24, 2.45) is 0 Å². The van der Waals surface area contributed by atoms with E-state index in [0.29, 0.717) is 6.04 Å². The predicted molar refractivity (Wildman–Crippen MR) is 99.6 cm³/mol. The van der Waals surface area contributed by atoms with Crippen LogP contribution in [0.4, 0.5) is 0 Å². The summed E-state index contributed by atoms with van der Waals surface area (Å²) in [6.45, 7) is 4.36. The molecule has 3 aromatic rings. The molecule has 0 saturated heterocycles. The van der Waals surface area contributed by atoms with E-state index in [4.69, 9.17) is 14.0 Å². The van der Waals surface area contributed by atoms with Gasteiger partial charge in [-0.25, -0.2) is 0 Å². The van der Waals surface area contributed by atoms with Gasteiger partial charge in [0.1, 0.15) is 11.5 Å². The Kier molecular flexibility index (Phi) is 4.05. The fourth-order valence-electron chi connectivity index (χ4n) is 3.87. The van der Waals surface area contributed by atoms with Crippen LogP contribution < -0.4 is 9.47 Å². The standard InChI is InChI=1S/C21H21N3O3/c1-14(9-15-3-2-7-22-11-15)24-8-6-18-17(12-24)21(23-27-18)16-4-5-19-20(10-16)26-13-25-19/h2-5,7,10-11,14H,6,8-9,12-13H2,1H3. The number of hydrogen-bond acceptors (Lipinski definition) is 6. The molecule has 2 aromatic heterocycles. The first kappa shape index (κ1) is 16.3. The Hall–Kier alpha value is -2.86. The molecule has 0 aliphatic carbocycles. The molecule has 1 atom stereocenters. The smallest absolute Gasteiger partial charge is 0.231 e. The second-order valence-corrected chi connectivity index (χ2v) is 7.14. The number of rotatable bonds is 4. The molecule has 6 heteroatoms. The van der Waals surface area contributed by atoms with E-state index in [-0.39, 0.29) is 6.79 Å². The third-order valence-electron chi connectivity index (χ3n) is 5.38. The maximum absolute atomic E-state index is 5.65. The third-order valence-corrected chi connectivity index (χ3v) is 5.38. The zero-order valence-electron chi connectivity index (χ0n) is 15.2. The van der Waals surface area contributed by atoms with Crippen LogP contribution in [0.25, 0.3) is 11.3 Å². The molecule has 0 bridgehead atoms. The van der Waals surface area contributed by atoms with Gasteiger partial charge in [0, 0.05) is 49.1 Å². The molecule has 0 saturated carbocycles. The minimum atomic E-state index is 0.273. The second kappa shape index (κ2) is 6.70. The number of fused-ring (bicyclic) bond motifs is 2. The molecule has 138 valence electrons. The minimum absolute atomic E-state index is 0.273. The molecule has 1 unspecified atom stereocenters. The lowest BCUT2D eigenvalue weighted by Crippen LogP contribution is -2.38. The zero-order valence-corrected chi connectivity index (χ0v) is 15.2. The van der Waals surface area contributed by atoms with Gasteiger partial charge in [-0.05, 0) is 43.2 Å². The summed E-state index contributed by atoms with van der Waals surface area (Å²) in [5, 5.41) is 4.36. The molecular weight excluding hydrogens is 342 g/mol. The number of aromatic nitrogens is 2.